The van der Waals surface area contributed by atoms with Gasteiger partial charge in [-0.05, 0) is 24.5 Å². The second-order valence-electron chi connectivity index (χ2n) is 7.21. The van der Waals surface area contributed by atoms with E-state index in [4.69, 9.17) is 15.3 Å². The smallest absolute Gasteiger partial charge is 0.753 e. The molecule has 164 valence electrons. The molecule has 0 bridgehead atoms. The zero-order valence-corrected chi connectivity index (χ0v) is 22.0. The van der Waals surface area contributed by atoms with Crippen LogP contribution in [-0.4, -0.2) is 34.4 Å². The molecule has 0 fully saturated rings. The number of carbonyl (C=O) groups is 1. The van der Waals surface area contributed by atoms with Crippen molar-refractivity contribution in [3.8, 4) is 11.5 Å². The summed E-state index contributed by atoms with van der Waals surface area (Å²) in [4.78, 5) is 8.89. The van der Waals surface area contributed by atoms with E-state index in [2.05, 4.69) is 36.7 Å². The number of para-hydroxylation sites is 2. The van der Waals surface area contributed by atoms with Gasteiger partial charge in [-0.25, -0.2) is 0 Å². The minimum atomic E-state index is -1.08. The van der Waals surface area contributed by atoms with Gasteiger partial charge in [0.1, 0.15) is 11.5 Å². The van der Waals surface area contributed by atoms with Crippen LogP contribution in [0.2, 0.25) is 0 Å². The van der Waals surface area contributed by atoms with Gasteiger partial charge in [-0.1, -0.05) is 62.5 Å². The maximum Gasteiger partial charge on any atom is 2.00 e. The number of hydrogen-bond donors (Lipinski definition) is 4. The number of phenolic OH excluding ortho intramolecular Hbond substituents is 2. The molecule has 0 aliphatic heterocycles. The third-order valence-electron chi connectivity index (χ3n) is 3.82. The van der Waals surface area contributed by atoms with Crippen molar-refractivity contribution in [3.05, 3.63) is 65.1 Å². The number of thiocarbonyl (C=S) groups is 1. The van der Waals surface area contributed by atoms with Gasteiger partial charge < -0.3 is 36.2 Å². The van der Waals surface area contributed by atoms with Gasteiger partial charge in [0.05, 0.1) is 0 Å². The van der Waals surface area contributed by atoms with E-state index in [1.807, 2.05) is 36.4 Å². The Hall–Kier alpha value is -2.15. The van der Waals surface area contributed by atoms with Gasteiger partial charge in [0.15, 0.2) is 0 Å². The number of isothiocyanates is 1. The molecule has 0 heterocycles. The van der Waals surface area contributed by atoms with Crippen molar-refractivity contribution >= 4 is 23.3 Å². The summed E-state index contributed by atoms with van der Waals surface area (Å²) in [6.07, 6.45) is 0. The Morgan fingerprint density at radius 3 is 1.58 bits per heavy atom. The first-order chi connectivity index (χ1) is 14.1. The first kappa shape index (κ1) is 31.0. The van der Waals surface area contributed by atoms with E-state index in [1.54, 1.807) is 12.1 Å². The first-order valence-electron chi connectivity index (χ1n) is 9.27. The summed E-state index contributed by atoms with van der Waals surface area (Å²) in [5.41, 5.74) is 1.88. The Kier molecular flexibility index (Phi) is 17.5. The molecule has 0 radical (unpaired) electrons. The van der Waals surface area contributed by atoms with Crippen molar-refractivity contribution in [2.45, 2.75) is 33.9 Å². The van der Waals surface area contributed by atoms with Crippen molar-refractivity contribution < 1.29 is 39.6 Å². The van der Waals surface area contributed by atoms with Crippen LogP contribution in [0.4, 0.5) is 0 Å². The van der Waals surface area contributed by atoms with Crippen molar-refractivity contribution in [1.82, 2.24) is 10.6 Å². The van der Waals surface area contributed by atoms with Crippen molar-refractivity contribution in [3.63, 3.8) is 0 Å². The predicted molar refractivity (Wildman–Crippen MR) is 120 cm³/mol. The Morgan fingerprint density at radius 2 is 1.29 bits per heavy atom. The van der Waals surface area contributed by atoms with Gasteiger partial charge >= 0.3 is 19.5 Å². The third kappa shape index (κ3) is 16.2. The Morgan fingerprint density at radius 1 is 1.00 bits per heavy atom. The second-order valence-corrected chi connectivity index (χ2v) is 7.39. The van der Waals surface area contributed by atoms with Gasteiger partial charge in [0.2, 0.25) is 0 Å². The molecule has 2 aromatic carbocycles. The SMILES string of the molecule is CC(=O)[O-].CC(C)(CNCc1ccccc1O)CNCc1ccccc1O.[N-]=C=S.[Zn+2]. The van der Waals surface area contributed by atoms with Crippen LogP contribution in [0.3, 0.4) is 0 Å². The first-order valence-corrected chi connectivity index (χ1v) is 9.67. The van der Waals surface area contributed by atoms with E-state index in [1.165, 1.54) is 5.16 Å². The predicted octanol–water partition coefficient (Wildman–Crippen LogP) is 2.42. The normalized spacial score (nSPS) is 9.65. The summed E-state index contributed by atoms with van der Waals surface area (Å²) in [6.45, 7) is 8.29. The Balaban J connectivity index is 0. The van der Waals surface area contributed by atoms with Crippen LogP contribution >= 0.6 is 12.2 Å². The zero-order chi connectivity index (χ0) is 23.0. The third-order valence-corrected chi connectivity index (χ3v) is 3.82. The summed E-state index contributed by atoms with van der Waals surface area (Å²) in [5.74, 6) is -0.425. The number of rotatable bonds is 8. The topological polar surface area (TPSA) is 127 Å². The van der Waals surface area contributed by atoms with Gasteiger partial charge in [-0.15, -0.1) is 0 Å². The van der Waals surface area contributed by atoms with E-state index >= 15 is 0 Å². The molecule has 0 spiro atoms. The quantitative estimate of drug-likeness (QED) is 0.251. The van der Waals surface area contributed by atoms with Gasteiger partial charge in [0, 0.05) is 43.3 Å². The van der Waals surface area contributed by atoms with E-state index in [0.717, 1.165) is 31.1 Å². The average molecular weight is 497 g/mol. The maximum absolute atomic E-state index is 9.76. The average Bonchev–Trinajstić information content (AvgIpc) is 2.65. The van der Waals surface area contributed by atoms with E-state index in [0.29, 0.717) is 24.6 Å². The van der Waals surface area contributed by atoms with Gasteiger partial charge in [0.25, 0.3) is 0 Å². The summed E-state index contributed by atoms with van der Waals surface area (Å²) in [5, 5.41) is 43.7. The number of carboxylic acids is 1. The molecular weight excluding hydrogens is 468 g/mol. The maximum atomic E-state index is 9.76. The molecule has 4 N–H and O–H groups in total. The Labute approximate surface area is 202 Å². The molecule has 0 saturated carbocycles. The van der Waals surface area contributed by atoms with E-state index < -0.39 is 5.97 Å². The van der Waals surface area contributed by atoms with Crippen LogP contribution < -0.4 is 15.7 Å². The number of nitrogens with one attached hydrogen (secondary N) is 2. The van der Waals surface area contributed by atoms with Crippen LogP contribution in [-0.2, 0) is 37.4 Å². The molecule has 0 saturated heterocycles. The van der Waals surface area contributed by atoms with Crippen LogP contribution in [0, 0.1) is 5.41 Å². The number of phenols is 2. The van der Waals surface area contributed by atoms with Crippen LogP contribution in [0.5, 0.6) is 11.5 Å². The standard InChI is InChI=1S/C19H26N2O2.C2H4O2.CNS.Zn/c1-19(2,13-20-11-15-7-3-5-9-17(15)22)14-21-12-16-8-4-6-10-18(16)23;1-2(3)4;2-1-3;/h3-10,20-23H,11-14H2,1-2H3;1H3,(H,3,4);;/q;;-1;+2/p-1. The second kappa shape index (κ2) is 17.5. The molecule has 7 nitrogen and oxygen atoms in total. The Bertz CT molecular complexity index is 755. The molecule has 31 heavy (non-hydrogen) atoms. The molecule has 9 heteroatoms. The number of aromatic hydroxyl groups is 2. The molecule has 0 aromatic heterocycles. The van der Waals surface area contributed by atoms with Crippen molar-refractivity contribution in [1.29, 1.82) is 0 Å². The fourth-order valence-electron chi connectivity index (χ4n) is 2.45. The number of hydrogen-bond acceptors (Lipinski definition) is 7. The number of benzene rings is 2. The van der Waals surface area contributed by atoms with E-state index in [9.17, 15) is 10.2 Å². The zero-order valence-electron chi connectivity index (χ0n) is 18.2. The monoisotopic (exact) mass is 495 g/mol. The van der Waals surface area contributed by atoms with Crippen LogP contribution in [0.15, 0.2) is 48.5 Å². The molecular formula is C22H29N3O4SZn. The van der Waals surface area contributed by atoms with Crippen LogP contribution in [0.25, 0.3) is 5.41 Å². The minimum Gasteiger partial charge on any atom is -0.753 e. The molecule has 0 amide bonds. The molecule has 0 aliphatic rings. The number of carbonyl (C=O) groups excluding carboxylic acids is 1. The minimum absolute atomic E-state index is 0. The summed E-state index contributed by atoms with van der Waals surface area (Å²) in [6, 6.07) is 14.8. The van der Waals surface area contributed by atoms with Crippen molar-refractivity contribution in [2.75, 3.05) is 13.1 Å². The molecule has 0 aliphatic carbocycles. The van der Waals surface area contributed by atoms with Gasteiger partial charge in [-0.3, -0.25) is 0 Å². The van der Waals surface area contributed by atoms with Gasteiger partial charge in [-0.2, -0.15) is 5.16 Å². The number of carboxylic acid groups (broad SMARTS) is 1. The van der Waals surface area contributed by atoms with Crippen molar-refractivity contribution in [2.24, 2.45) is 5.41 Å². The summed E-state index contributed by atoms with van der Waals surface area (Å²) >= 11 is 3.70. The number of aliphatic carboxylic acids is 1. The van der Waals surface area contributed by atoms with Crippen LogP contribution in [0.1, 0.15) is 31.9 Å². The summed E-state index contributed by atoms with van der Waals surface area (Å²) in [7, 11) is 0. The fraction of sp³-hybridized carbons (Fsp3) is 0.364. The molecule has 2 rings (SSSR count). The molecule has 0 atom stereocenters. The fourth-order valence-corrected chi connectivity index (χ4v) is 2.45. The largest absolute Gasteiger partial charge is 2.00 e. The summed E-state index contributed by atoms with van der Waals surface area (Å²) < 4.78 is 0. The molecule has 2 aromatic rings. The van der Waals surface area contributed by atoms with E-state index in [-0.39, 0.29) is 24.9 Å². The molecule has 0 unspecified atom stereocenters. The number of nitrogens with zero attached hydrogens (tertiary/aromatic N) is 1.